The summed E-state index contributed by atoms with van der Waals surface area (Å²) in [6.45, 7) is 0.257. The number of hydrogen-bond donors (Lipinski definition) is 1. The summed E-state index contributed by atoms with van der Waals surface area (Å²) in [5.74, 6) is 2.02. The average molecular weight is 213 g/mol. The quantitative estimate of drug-likeness (QED) is 0.461. The van der Waals surface area contributed by atoms with Crippen molar-refractivity contribution in [2.45, 2.75) is 0 Å². The molecule has 1 heterocycles. The zero-order chi connectivity index (χ0) is 9.97. The van der Waals surface area contributed by atoms with Crippen LogP contribution in [0.3, 0.4) is 0 Å². The van der Waals surface area contributed by atoms with Crippen LogP contribution in [0.25, 0.3) is 0 Å². The van der Waals surface area contributed by atoms with Crippen LogP contribution >= 0.6 is 11.6 Å². The van der Waals surface area contributed by atoms with E-state index in [0.29, 0.717) is 17.3 Å². The van der Waals surface area contributed by atoms with Crippen LogP contribution in [0.2, 0.25) is 0 Å². The van der Waals surface area contributed by atoms with Gasteiger partial charge in [0, 0.05) is 6.07 Å². The first-order valence-electron chi connectivity index (χ1n) is 4.08. The molecule has 0 aliphatic carbocycles. The molecule has 0 aromatic heterocycles. The van der Waals surface area contributed by atoms with E-state index in [1.54, 1.807) is 18.2 Å². The molecule has 4 nitrogen and oxygen atoms in total. The minimum atomic E-state index is 0.217. The van der Waals surface area contributed by atoms with Crippen molar-refractivity contribution in [3.8, 4) is 11.5 Å². The molecule has 2 N–H and O–H groups in total. The van der Waals surface area contributed by atoms with E-state index in [9.17, 15) is 0 Å². The van der Waals surface area contributed by atoms with Gasteiger partial charge in [-0.15, -0.1) is 11.6 Å². The summed E-state index contributed by atoms with van der Waals surface area (Å²) >= 11 is 5.51. The molecule has 0 radical (unpaired) electrons. The molecule has 0 atom stereocenters. The van der Waals surface area contributed by atoms with Crippen molar-refractivity contribution in [2.75, 3.05) is 12.7 Å². The Hall–Kier alpha value is -1.42. The van der Waals surface area contributed by atoms with Crippen molar-refractivity contribution >= 4 is 23.1 Å². The summed E-state index contributed by atoms with van der Waals surface area (Å²) in [7, 11) is 0. The van der Waals surface area contributed by atoms with Gasteiger partial charge in [-0.3, -0.25) is 0 Å². The van der Waals surface area contributed by atoms with Gasteiger partial charge in [0.2, 0.25) is 6.79 Å². The predicted octanol–water partition coefficient (Wildman–Crippen LogP) is 1.64. The second kappa shape index (κ2) is 3.75. The van der Waals surface area contributed by atoms with Gasteiger partial charge in [0.25, 0.3) is 0 Å². The number of halogens is 1. The lowest BCUT2D eigenvalue weighted by Crippen LogP contribution is -2.12. The summed E-state index contributed by atoms with van der Waals surface area (Å²) in [6.07, 6.45) is 0. The van der Waals surface area contributed by atoms with Gasteiger partial charge in [0.15, 0.2) is 11.5 Å². The van der Waals surface area contributed by atoms with Gasteiger partial charge < -0.3 is 15.2 Å². The number of hydrogen-bond acceptors (Lipinski definition) is 3. The van der Waals surface area contributed by atoms with Crippen molar-refractivity contribution < 1.29 is 9.47 Å². The Morgan fingerprint density at radius 1 is 1.43 bits per heavy atom. The number of nitrogens with zero attached hydrogens (tertiary/aromatic N) is 1. The number of rotatable bonds is 2. The van der Waals surface area contributed by atoms with E-state index in [4.69, 9.17) is 26.8 Å². The second-order valence-electron chi connectivity index (χ2n) is 2.77. The minimum absolute atomic E-state index is 0.217. The Balaban J connectivity index is 2.29. The predicted molar refractivity (Wildman–Crippen MR) is 54.6 cm³/mol. The standard InChI is InChI=1S/C9H9ClN2O2/c10-4-9(11)12-6-1-2-7-8(3-6)14-5-13-7/h1-3H,4-5H2,(H2,11,12). The fraction of sp³-hybridized carbons (Fsp3) is 0.222. The summed E-state index contributed by atoms with van der Waals surface area (Å²) in [5, 5.41) is 0. The summed E-state index contributed by atoms with van der Waals surface area (Å²) < 4.78 is 10.3. The van der Waals surface area contributed by atoms with Crippen molar-refractivity contribution in [3.05, 3.63) is 18.2 Å². The number of amidine groups is 1. The van der Waals surface area contributed by atoms with E-state index in [0.717, 1.165) is 5.75 Å². The molecule has 0 saturated heterocycles. The molecule has 0 amide bonds. The average Bonchev–Trinajstić information content (AvgIpc) is 2.64. The van der Waals surface area contributed by atoms with Gasteiger partial charge in [-0.1, -0.05) is 0 Å². The van der Waals surface area contributed by atoms with Crippen LogP contribution in [0.4, 0.5) is 5.69 Å². The Kier molecular flexibility index (Phi) is 2.45. The van der Waals surface area contributed by atoms with E-state index >= 15 is 0 Å². The number of fused-ring (bicyclic) bond motifs is 1. The molecule has 5 heteroatoms. The highest BCUT2D eigenvalue weighted by molar-refractivity contribution is 6.28. The zero-order valence-electron chi connectivity index (χ0n) is 7.37. The molecular formula is C9H9ClN2O2. The second-order valence-corrected chi connectivity index (χ2v) is 3.04. The highest BCUT2D eigenvalue weighted by Gasteiger charge is 2.12. The van der Waals surface area contributed by atoms with Gasteiger partial charge in [0.1, 0.15) is 5.84 Å². The zero-order valence-corrected chi connectivity index (χ0v) is 8.12. The molecular weight excluding hydrogens is 204 g/mol. The highest BCUT2D eigenvalue weighted by Crippen LogP contribution is 2.35. The van der Waals surface area contributed by atoms with E-state index < -0.39 is 0 Å². The number of nitrogens with two attached hydrogens (primary N) is 1. The molecule has 14 heavy (non-hydrogen) atoms. The third-order valence-corrected chi connectivity index (χ3v) is 2.04. The van der Waals surface area contributed by atoms with Gasteiger partial charge in [-0.05, 0) is 12.1 Å². The molecule has 74 valence electrons. The Morgan fingerprint density at radius 3 is 3.00 bits per heavy atom. The van der Waals surface area contributed by atoms with Crippen LogP contribution in [0.5, 0.6) is 11.5 Å². The lowest BCUT2D eigenvalue weighted by Gasteiger charge is -1.98. The van der Waals surface area contributed by atoms with Crippen LogP contribution in [0, 0.1) is 0 Å². The Labute approximate surface area is 86.3 Å². The number of aliphatic imine (C=N–C) groups is 1. The van der Waals surface area contributed by atoms with Crippen LogP contribution in [0.1, 0.15) is 0 Å². The third kappa shape index (κ3) is 1.75. The lowest BCUT2D eigenvalue weighted by atomic mass is 10.3. The van der Waals surface area contributed by atoms with Gasteiger partial charge in [0.05, 0.1) is 11.6 Å². The van der Waals surface area contributed by atoms with Crippen LogP contribution in [-0.2, 0) is 0 Å². The third-order valence-electron chi connectivity index (χ3n) is 1.77. The van der Waals surface area contributed by atoms with Crippen molar-refractivity contribution in [1.29, 1.82) is 0 Å². The van der Waals surface area contributed by atoms with Crippen molar-refractivity contribution in [2.24, 2.45) is 10.7 Å². The van der Waals surface area contributed by atoms with Gasteiger partial charge in [-0.25, -0.2) is 4.99 Å². The minimum Gasteiger partial charge on any atom is -0.454 e. The topological polar surface area (TPSA) is 56.8 Å². The molecule has 0 unspecified atom stereocenters. The van der Waals surface area contributed by atoms with Crippen molar-refractivity contribution in [3.63, 3.8) is 0 Å². The van der Waals surface area contributed by atoms with E-state index in [1.165, 1.54) is 0 Å². The first-order chi connectivity index (χ1) is 6.79. The fourth-order valence-electron chi connectivity index (χ4n) is 1.15. The smallest absolute Gasteiger partial charge is 0.231 e. The first kappa shape index (κ1) is 9.15. The highest BCUT2D eigenvalue weighted by atomic mass is 35.5. The largest absolute Gasteiger partial charge is 0.454 e. The van der Waals surface area contributed by atoms with Crippen LogP contribution < -0.4 is 15.2 Å². The van der Waals surface area contributed by atoms with Crippen LogP contribution in [-0.4, -0.2) is 18.5 Å². The maximum atomic E-state index is 5.51. The first-order valence-corrected chi connectivity index (χ1v) is 4.61. The molecule has 0 bridgehead atoms. The summed E-state index contributed by atoms with van der Waals surface area (Å²) in [4.78, 5) is 4.08. The molecule has 2 rings (SSSR count). The number of alkyl halides is 1. The van der Waals surface area contributed by atoms with Crippen LogP contribution in [0.15, 0.2) is 23.2 Å². The van der Waals surface area contributed by atoms with Gasteiger partial charge >= 0.3 is 0 Å². The molecule has 1 aliphatic heterocycles. The Morgan fingerprint density at radius 2 is 2.21 bits per heavy atom. The molecule has 0 fully saturated rings. The SMILES string of the molecule is NC(CCl)=Nc1ccc2c(c1)OCO2. The number of benzene rings is 1. The molecule has 0 saturated carbocycles. The van der Waals surface area contributed by atoms with Crippen molar-refractivity contribution in [1.82, 2.24) is 0 Å². The molecule has 1 aromatic carbocycles. The molecule has 0 spiro atoms. The lowest BCUT2D eigenvalue weighted by molar-refractivity contribution is 0.174. The van der Waals surface area contributed by atoms with E-state index in [2.05, 4.69) is 4.99 Å². The monoisotopic (exact) mass is 212 g/mol. The fourth-order valence-corrected chi connectivity index (χ4v) is 1.21. The molecule has 1 aromatic rings. The Bertz CT molecular complexity index is 379. The molecule has 1 aliphatic rings. The van der Waals surface area contributed by atoms with E-state index in [1.807, 2.05) is 0 Å². The normalized spacial score (nSPS) is 14.5. The number of ether oxygens (including phenoxy) is 2. The maximum absolute atomic E-state index is 5.51. The maximum Gasteiger partial charge on any atom is 0.231 e. The van der Waals surface area contributed by atoms with E-state index in [-0.39, 0.29) is 12.7 Å². The summed E-state index contributed by atoms with van der Waals surface area (Å²) in [5.41, 5.74) is 6.21. The van der Waals surface area contributed by atoms with Gasteiger partial charge in [-0.2, -0.15) is 0 Å². The summed E-state index contributed by atoms with van der Waals surface area (Å²) in [6, 6.07) is 5.36.